The van der Waals surface area contributed by atoms with Gasteiger partial charge < -0.3 is 4.84 Å². The Bertz CT molecular complexity index is 625. The van der Waals surface area contributed by atoms with Gasteiger partial charge in [0.15, 0.2) is 0 Å². The van der Waals surface area contributed by atoms with Crippen molar-refractivity contribution in [1.29, 1.82) is 0 Å². The molecule has 0 amide bonds. The SMILES string of the molecule is NOCC1CC2CC1C1=C(c3ccc(CS)cc3)NN=CC12. The maximum Gasteiger partial charge on any atom is 0.0713 e. The summed E-state index contributed by atoms with van der Waals surface area (Å²) < 4.78 is 0. The van der Waals surface area contributed by atoms with Gasteiger partial charge in [-0.05, 0) is 47.3 Å². The van der Waals surface area contributed by atoms with Gasteiger partial charge in [0.05, 0.1) is 12.3 Å². The molecule has 116 valence electrons. The van der Waals surface area contributed by atoms with E-state index in [4.69, 9.17) is 10.7 Å². The van der Waals surface area contributed by atoms with Gasteiger partial charge in [0.1, 0.15) is 0 Å². The van der Waals surface area contributed by atoms with Crippen molar-refractivity contribution in [3.63, 3.8) is 0 Å². The van der Waals surface area contributed by atoms with E-state index in [1.54, 1.807) is 0 Å². The first kappa shape index (κ1) is 14.3. The Morgan fingerprint density at radius 1 is 1.27 bits per heavy atom. The van der Waals surface area contributed by atoms with Gasteiger partial charge in [0.2, 0.25) is 0 Å². The molecule has 0 aromatic heterocycles. The number of nitrogens with two attached hydrogens (primary N) is 1. The number of rotatable bonds is 4. The molecule has 5 heteroatoms. The predicted molar refractivity (Wildman–Crippen MR) is 91.0 cm³/mol. The van der Waals surface area contributed by atoms with E-state index in [0.717, 1.165) is 5.75 Å². The predicted octanol–water partition coefficient (Wildman–Crippen LogP) is 2.58. The Hall–Kier alpha value is -1.30. The summed E-state index contributed by atoms with van der Waals surface area (Å²) in [4.78, 5) is 4.94. The number of fused-ring (bicyclic) bond motifs is 5. The van der Waals surface area contributed by atoms with Gasteiger partial charge in [-0.3, -0.25) is 5.43 Å². The molecule has 22 heavy (non-hydrogen) atoms. The minimum atomic E-state index is 0.486. The summed E-state index contributed by atoms with van der Waals surface area (Å²) in [7, 11) is 0. The molecule has 4 unspecified atom stereocenters. The highest BCUT2D eigenvalue weighted by Gasteiger charge is 2.50. The van der Waals surface area contributed by atoms with Gasteiger partial charge in [0.25, 0.3) is 0 Å². The van der Waals surface area contributed by atoms with E-state index in [1.165, 1.54) is 35.2 Å². The van der Waals surface area contributed by atoms with Crippen molar-refractivity contribution < 1.29 is 4.84 Å². The highest BCUT2D eigenvalue weighted by atomic mass is 32.1. The largest absolute Gasteiger partial charge is 0.304 e. The van der Waals surface area contributed by atoms with Gasteiger partial charge in [-0.15, -0.1) is 0 Å². The number of benzene rings is 1. The summed E-state index contributed by atoms with van der Waals surface area (Å²) in [5, 5.41) is 4.41. The van der Waals surface area contributed by atoms with Crippen molar-refractivity contribution in [2.24, 2.45) is 34.7 Å². The summed E-state index contributed by atoms with van der Waals surface area (Å²) in [6, 6.07) is 8.61. The van der Waals surface area contributed by atoms with Crippen molar-refractivity contribution in [2.75, 3.05) is 6.61 Å². The van der Waals surface area contributed by atoms with Crippen LogP contribution in [0, 0.1) is 23.7 Å². The molecule has 1 aliphatic heterocycles. The Balaban J connectivity index is 1.72. The quantitative estimate of drug-likeness (QED) is 0.591. The van der Waals surface area contributed by atoms with Crippen LogP contribution in [0.25, 0.3) is 5.70 Å². The van der Waals surface area contributed by atoms with Crippen molar-refractivity contribution in [3.05, 3.63) is 41.0 Å². The molecule has 3 N–H and O–H groups in total. The molecular formula is C17H21N3OS. The van der Waals surface area contributed by atoms with Crippen LogP contribution in [0.2, 0.25) is 0 Å². The number of nitrogens with zero attached hydrogens (tertiary/aromatic N) is 1. The van der Waals surface area contributed by atoms with Crippen LogP contribution in [-0.4, -0.2) is 12.8 Å². The molecule has 1 heterocycles. The third-order valence-electron chi connectivity index (χ3n) is 5.43. The zero-order chi connectivity index (χ0) is 15.1. The molecule has 0 saturated heterocycles. The average molecular weight is 315 g/mol. The van der Waals surface area contributed by atoms with Crippen molar-refractivity contribution >= 4 is 24.5 Å². The Labute approximate surface area is 136 Å². The molecule has 2 fully saturated rings. The van der Waals surface area contributed by atoms with E-state index in [-0.39, 0.29) is 0 Å². The fraction of sp³-hybridized carbons (Fsp3) is 0.471. The van der Waals surface area contributed by atoms with Crippen molar-refractivity contribution in [3.8, 4) is 0 Å². The van der Waals surface area contributed by atoms with Crippen LogP contribution in [0.15, 0.2) is 34.9 Å². The molecule has 1 aromatic rings. The second-order valence-electron chi connectivity index (χ2n) is 6.53. The lowest BCUT2D eigenvalue weighted by Gasteiger charge is -2.32. The minimum absolute atomic E-state index is 0.486. The lowest BCUT2D eigenvalue weighted by Crippen LogP contribution is -2.31. The Morgan fingerprint density at radius 3 is 2.82 bits per heavy atom. The van der Waals surface area contributed by atoms with Gasteiger partial charge in [0, 0.05) is 17.9 Å². The molecule has 0 radical (unpaired) electrons. The van der Waals surface area contributed by atoms with E-state index in [0.29, 0.717) is 30.3 Å². The molecule has 2 saturated carbocycles. The molecule has 1 aromatic carbocycles. The van der Waals surface area contributed by atoms with E-state index >= 15 is 0 Å². The van der Waals surface area contributed by atoms with Gasteiger partial charge >= 0.3 is 0 Å². The molecular weight excluding hydrogens is 294 g/mol. The number of nitrogens with one attached hydrogen (secondary N) is 1. The van der Waals surface area contributed by atoms with E-state index in [1.807, 2.05) is 0 Å². The van der Waals surface area contributed by atoms with Crippen LogP contribution in [0.4, 0.5) is 0 Å². The maximum atomic E-state index is 5.32. The molecule has 4 atom stereocenters. The summed E-state index contributed by atoms with van der Waals surface area (Å²) in [6.07, 6.45) is 4.53. The average Bonchev–Trinajstić information content (AvgIpc) is 3.14. The highest BCUT2D eigenvalue weighted by Crippen LogP contribution is 2.56. The van der Waals surface area contributed by atoms with Gasteiger partial charge in [-0.2, -0.15) is 17.7 Å². The number of thiol groups is 1. The zero-order valence-electron chi connectivity index (χ0n) is 12.4. The van der Waals surface area contributed by atoms with Crippen LogP contribution in [-0.2, 0) is 10.6 Å². The smallest absolute Gasteiger partial charge is 0.0713 e. The molecule has 3 aliphatic rings. The summed E-state index contributed by atoms with van der Waals surface area (Å²) in [6.45, 7) is 0.653. The molecule has 2 bridgehead atoms. The van der Waals surface area contributed by atoms with Crippen molar-refractivity contribution in [1.82, 2.24) is 5.43 Å². The molecule has 0 spiro atoms. The van der Waals surface area contributed by atoms with E-state index < -0.39 is 0 Å². The molecule has 4 rings (SSSR count). The zero-order valence-corrected chi connectivity index (χ0v) is 13.3. The number of allylic oxidation sites excluding steroid dienone is 1. The third-order valence-corrected chi connectivity index (χ3v) is 5.80. The van der Waals surface area contributed by atoms with E-state index in [9.17, 15) is 0 Å². The van der Waals surface area contributed by atoms with Crippen LogP contribution in [0.3, 0.4) is 0 Å². The highest BCUT2D eigenvalue weighted by molar-refractivity contribution is 7.79. The lowest BCUT2D eigenvalue weighted by atomic mass is 9.76. The van der Waals surface area contributed by atoms with Crippen LogP contribution in [0.5, 0.6) is 0 Å². The number of hydrogen-bond acceptors (Lipinski definition) is 5. The van der Waals surface area contributed by atoms with Crippen LogP contribution >= 0.6 is 12.6 Å². The van der Waals surface area contributed by atoms with Crippen LogP contribution < -0.4 is 11.3 Å². The summed E-state index contributed by atoms with van der Waals surface area (Å²) in [5.74, 6) is 8.37. The van der Waals surface area contributed by atoms with Gasteiger partial charge in [-0.25, -0.2) is 5.90 Å². The topological polar surface area (TPSA) is 59.6 Å². The second-order valence-corrected chi connectivity index (χ2v) is 6.85. The molecule has 2 aliphatic carbocycles. The maximum absolute atomic E-state index is 5.32. The Morgan fingerprint density at radius 2 is 2.09 bits per heavy atom. The summed E-state index contributed by atoms with van der Waals surface area (Å²) >= 11 is 4.33. The first-order valence-corrected chi connectivity index (χ1v) is 8.50. The van der Waals surface area contributed by atoms with E-state index in [2.05, 4.69) is 53.6 Å². The minimum Gasteiger partial charge on any atom is -0.304 e. The molecule has 4 nitrogen and oxygen atoms in total. The monoisotopic (exact) mass is 315 g/mol. The lowest BCUT2D eigenvalue weighted by molar-refractivity contribution is 0.0864. The van der Waals surface area contributed by atoms with Crippen LogP contribution in [0.1, 0.15) is 24.0 Å². The third kappa shape index (κ3) is 2.19. The fourth-order valence-corrected chi connectivity index (χ4v) is 4.67. The number of hydrazone groups is 1. The van der Waals surface area contributed by atoms with Gasteiger partial charge in [-0.1, -0.05) is 24.3 Å². The standard InChI is InChI=1S/C17H21N3OS/c18-21-8-13-5-12-6-14(13)16-15(12)7-19-20-17(16)11-3-1-10(9-22)2-4-11/h1-4,7,12-15,20,22H,5-6,8-9,18H2. The first-order valence-electron chi connectivity index (χ1n) is 7.87. The normalized spacial score (nSPS) is 32.3. The fourth-order valence-electron chi connectivity index (χ4n) is 4.46. The summed E-state index contributed by atoms with van der Waals surface area (Å²) in [5.41, 5.74) is 8.39. The Kier molecular flexibility index (Phi) is 3.72. The van der Waals surface area contributed by atoms with Crippen molar-refractivity contribution in [2.45, 2.75) is 18.6 Å². The second kappa shape index (κ2) is 5.72. The number of hydrogen-bond donors (Lipinski definition) is 3. The first-order chi connectivity index (χ1) is 10.8.